The zero-order valence-corrected chi connectivity index (χ0v) is 12.9. The Balaban J connectivity index is 2.41. The van der Waals surface area contributed by atoms with Gasteiger partial charge in [-0.05, 0) is 46.0 Å². The number of amides is 1. The van der Waals surface area contributed by atoms with E-state index in [1.165, 1.54) is 19.3 Å². The average Bonchev–Trinajstić information content (AvgIpc) is 2.30. The number of ether oxygens (including phenoxy) is 1. The summed E-state index contributed by atoms with van der Waals surface area (Å²) in [4.78, 5) is 11.6. The van der Waals surface area contributed by atoms with Crippen molar-refractivity contribution in [1.82, 2.24) is 5.32 Å². The molecule has 0 aliphatic heterocycles. The maximum absolute atomic E-state index is 11.6. The zero-order chi connectivity index (χ0) is 14.5. The Labute approximate surface area is 117 Å². The van der Waals surface area contributed by atoms with Crippen LogP contribution < -0.4 is 11.1 Å². The lowest BCUT2D eigenvalue weighted by Crippen LogP contribution is -2.56. The van der Waals surface area contributed by atoms with E-state index in [4.69, 9.17) is 10.5 Å². The number of carbonyl (C=O) groups excluding carboxylic acids is 1. The maximum Gasteiger partial charge on any atom is 0.237 e. The fourth-order valence-electron chi connectivity index (χ4n) is 2.85. The summed E-state index contributed by atoms with van der Waals surface area (Å²) in [6, 6.07) is 0.228. The first-order chi connectivity index (χ1) is 8.85. The Bertz CT molecular complexity index is 294. The predicted molar refractivity (Wildman–Crippen MR) is 77.9 cm³/mol. The third kappa shape index (κ3) is 5.11. The van der Waals surface area contributed by atoms with Gasteiger partial charge in [-0.15, -0.1) is 0 Å². The number of hydrogen-bond acceptors (Lipinski definition) is 3. The first-order valence-electron chi connectivity index (χ1n) is 7.54. The monoisotopic (exact) mass is 270 g/mol. The summed E-state index contributed by atoms with van der Waals surface area (Å²) in [6.07, 6.45) is 5.95. The van der Waals surface area contributed by atoms with E-state index in [1.54, 1.807) is 0 Å². The van der Waals surface area contributed by atoms with Gasteiger partial charge in [0.1, 0.15) is 0 Å². The number of nitrogens with one attached hydrogen (secondary N) is 1. The Morgan fingerprint density at radius 3 is 2.58 bits per heavy atom. The summed E-state index contributed by atoms with van der Waals surface area (Å²) >= 11 is 0. The van der Waals surface area contributed by atoms with Gasteiger partial charge in [0, 0.05) is 12.6 Å². The van der Waals surface area contributed by atoms with Gasteiger partial charge in [-0.25, -0.2) is 0 Å². The molecule has 0 bridgehead atoms. The molecule has 4 heteroatoms. The Morgan fingerprint density at radius 2 is 2.05 bits per heavy atom. The quantitative estimate of drug-likeness (QED) is 0.745. The topological polar surface area (TPSA) is 64.3 Å². The van der Waals surface area contributed by atoms with Crippen molar-refractivity contribution in [3.05, 3.63) is 0 Å². The fraction of sp³-hybridized carbons (Fsp3) is 0.933. The van der Waals surface area contributed by atoms with E-state index in [0.29, 0.717) is 25.0 Å². The Hall–Kier alpha value is -0.610. The summed E-state index contributed by atoms with van der Waals surface area (Å²) in [7, 11) is 0. The van der Waals surface area contributed by atoms with Crippen molar-refractivity contribution in [1.29, 1.82) is 0 Å². The minimum Gasteiger partial charge on any atom is -0.378 e. The van der Waals surface area contributed by atoms with E-state index in [1.807, 2.05) is 20.8 Å². The van der Waals surface area contributed by atoms with Crippen molar-refractivity contribution in [3.8, 4) is 0 Å². The summed E-state index contributed by atoms with van der Waals surface area (Å²) in [5.74, 6) is 0.327. The molecule has 1 saturated carbocycles. The van der Waals surface area contributed by atoms with Gasteiger partial charge in [0.05, 0.1) is 11.6 Å². The molecule has 0 aromatic heterocycles. The summed E-state index contributed by atoms with van der Waals surface area (Å²) in [5, 5.41) is 3.25. The lowest BCUT2D eigenvalue weighted by molar-refractivity contribution is -0.125. The lowest BCUT2D eigenvalue weighted by Gasteiger charge is -2.32. The van der Waals surface area contributed by atoms with E-state index in [2.05, 4.69) is 12.2 Å². The number of rotatable bonds is 7. The first-order valence-corrected chi connectivity index (χ1v) is 7.54. The smallest absolute Gasteiger partial charge is 0.237 e. The van der Waals surface area contributed by atoms with Gasteiger partial charge in [0.25, 0.3) is 0 Å². The van der Waals surface area contributed by atoms with Gasteiger partial charge in [-0.1, -0.05) is 19.8 Å². The SMILES string of the molecule is CC(C)NC(C)(CCOC1CCCCC1C)C(N)=O. The molecule has 1 rings (SSSR count). The summed E-state index contributed by atoms with van der Waals surface area (Å²) in [6.45, 7) is 8.75. The molecule has 0 spiro atoms. The van der Waals surface area contributed by atoms with Crippen LogP contribution in [0, 0.1) is 5.92 Å². The fourth-order valence-corrected chi connectivity index (χ4v) is 2.85. The van der Waals surface area contributed by atoms with Crippen molar-refractivity contribution in [2.75, 3.05) is 6.61 Å². The highest BCUT2D eigenvalue weighted by molar-refractivity contribution is 5.84. The van der Waals surface area contributed by atoms with Gasteiger partial charge in [-0.3, -0.25) is 4.79 Å². The normalized spacial score (nSPS) is 27.2. The minimum absolute atomic E-state index is 0.228. The van der Waals surface area contributed by atoms with Crippen LogP contribution in [0.5, 0.6) is 0 Å². The zero-order valence-electron chi connectivity index (χ0n) is 12.9. The molecule has 1 amide bonds. The molecule has 0 saturated heterocycles. The van der Waals surface area contributed by atoms with Crippen LogP contribution >= 0.6 is 0 Å². The number of hydrogen-bond donors (Lipinski definition) is 2. The number of nitrogens with two attached hydrogens (primary N) is 1. The van der Waals surface area contributed by atoms with Gasteiger partial charge in [0.2, 0.25) is 5.91 Å². The van der Waals surface area contributed by atoms with Crippen LogP contribution in [-0.4, -0.2) is 30.2 Å². The molecule has 3 unspecified atom stereocenters. The molecule has 0 heterocycles. The highest BCUT2D eigenvalue weighted by Crippen LogP contribution is 2.26. The molecule has 1 aliphatic carbocycles. The average molecular weight is 270 g/mol. The van der Waals surface area contributed by atoms with Crippen molar-refractivity contribution in [3.63, 3.8) is 0 Å². The van der Waals surface area contributed by atoms with Crippen LogP contribution in [0.3, 0.4) is 0 Å². The highest BCUT2D eigenvalue weighted by atomic mass is 16.5. The molecule has 19 heavy (non-hydrogen) atoms. The molecular weight excluding hydrogens is 240 g/mol. The molecule has 3 atom stereocenters. The van der Waals surface area contributed by atoms with E-state index < -0.39 is 5.54 Å². The second-order valence-electron chi connectivity index (χ2n) is 6.42. The molecule has 1 fully saturated rings. The first kappa shape index (κ1) is 16.4. The largest absolute Gasteiger partial charge is 0.378 e. The molecule has 1 aliphatic rings. The second kappa shape index (κ2) is 7.25. The van der Waals surface area contributed by atoms with Crippen molar-refractivity contribution in [2.45, 2.75) is 77.5 Å². The van der Waals surface area contributed by atoms with Gasteiger partial charge < -0.3 is 15.8 Å². The molecular formula is C15H30N2O2. The molecule has 112 valence electrons. The molecule has 4 nitrogen and oxygen atoms in total. The minimum atomic E-state index is -0.675. The molecule has 3 N–H and O–H groups in total. The Morgan fingerprint density at radius 1 is 1.42 bits per heavy atom. The van der Waals surface area contributed by atoms with Crippen LogP contribution in [-0.2, 0) is 9.53 Å². The van der Waals surface area contributed by atoms with Crippen molar-refractivity contribution < 1.29 is 9.53 Å². The Kier molecular flexibility index (Phi) is 6.27. The van der Waals surface area contributed by atoms with E-state index >= 15 is 0 Å². The van der Waals surface area contributed by atoms with Crippen LogP contribution in [0.2, 0.25) is 0 Å². The van der Waals surface area contributed by atoms with E-state index in [0.717, 1.165) is 6.42 Å². The van der Waals surface area contributed by atoms with E-state index in [9.17, 15) is 4.79 Å². The number of carbonyl (C=O) groups is 1. The van der Waals surface area contributed by atoms with Gasteiger partial charge in [-0.2, -0.15) is 0 Å². The van der Waals surface area contributed by atoms with Crippen LogP contribution in [0.1, 0.15) is 59.8 Å². The van der Waals surface area contributed by atoms with Crippen molar-refractivity contribution >= 4 is 5.91 Å². The molecule has 0 aromatic carbocycles. The molecule has 0 aromatic rings. The standard InChI is InChI=1S/C15H30N2O2/c1-11(2)17-15(4,14(16)18)9-10-19-13-8-6-5-7-12(13)3/h11-13,17H,5-10H2,1-4H3,(H2,16,18). The van der Waals surface area contributed by atoms with Crippen LogP contribution in [0.15, 0.2) is 0 Å². The lowest BCUT2D eigenvalue weighted by atomic mass is 9.88. The number of primary amides is 1. The van der Waals surface area contributed by atoms with E-state index in [-0.39, 0.29) is 11.9 Å². The van der Waals surface area contributed by atoms with Gasteiger partial charge >= 0.3 is 0 Å². The third-order valence-corrected chi connectivity index (χ3v) is 4.12. The molecule has 0 radical (unpaired) electrons. The summed E-state index contributed by atoms with van der Waals surface area (Å²) in [5.41, 5.74) is 4.83. The second-order valence-corrected chi connectivity index (χ2v) is 6.42. The van der Waals surface area contributed by atoms with Crippen LogP contribution in [0.25, 0.3) is 0 Å². The summed E-state index contributed by atoms with van der Waals surface area (Å²) < 4.78 is 5.97. The highest BCUT2D eigenvalue weighted by Gasteiger charge is 2.32. The van der Waals surface area contributed by atoms with Crippen molar-refractivity contribution in [2.24, 2.45) is 11.7 Å². The third-order valence-electron chi connectivity index (χ3n) is 4.12. The predicted octanol–water partition coefficient (Wildman–Crippen LogP) is 2.21. The maximum atomic E-state index is 11.6. The van der Waals surface area contributed by atoms with Crippen LogP contribution in [0.4, 0.5) is 0 Å². The van der Waals surface area contributed by atoms with Gasteiger partial charge in [0.15, 0.2) is 0 Å².